The van der Waals surface area contributed by atoms with Crippen molar-refractivity contribution >= 4 is 29.0 Å². The number of rotatable bonds is 6. The molecule has 8 heteroatoms. The van der Waals surface area contributed by atoms with E-state index < -0.39 is 0 Å². The molecule has 2 fully saturated rings. The molecule has 0 aliphatic carbocycles. The van der Waals surface area contributed by atoms with E-state index in [0.717, 1.165) is 59.5 Å². The van der Waals surface area contributed by atoms with E-state index in [1.165, 1.54) is 6.08 Å². The van der Waals surface area contributed by atoms with Crippen molar-refractivity contribution in [2.24, 2.45) is 12.5 Å². The molecule has 0 bridgehead atoms. The van der Waals surface area contributed by atoms with Crippen LogP contribution >= 0.6 is 0 Å². The highest BCUT2D eigenvalue weighted by molar-refractivity contribution is 5.92. The van der Waals surface area contributed by atoms with E-state index in [1.54, 1.807) is 16.9 Å². The molecule has 2 aliphatic heterocycles. The Kier molecular flexibility index (Phi) is 5.34. The van der Waals surface area contributed by atoms with Gasteiger partial charge in [0.2, 0.25) is 5.91 Å². The Morgan fingerprint density at radius 3 is 2.64 bits per heavy atom. The Bertz CT molecular complexity index is 1500. The van der Waals surface area contributed by atoms with Gasteiger partial charge in [0.05, 0.1) is 17.4 Å². The third-order valence-corrected chi connectivity index (χ3v) is 7.19. The van der Waals surface area contributed by atoms with Crippen LogP contribution in [0, 0.1) is 11.2 Å². The van der Waals surface area contributed by atoms with Crippen LogP contribution in [0.15, 0.2) is 61.4 Å². The number of nitrogens with one attached hydrogen (secondary N) is 1. The van der Waals surface area contributed by atoms with Gasteiger partial charge < -0.3 is 4.90 Å². The second-order valence-corrected chi connectivity index (χ2v) is 10.00. The minimum Gasteiger partial charge on any atom is -0.338 e. The Balaban J connectivity index is 1.15. The van der Waals surface area contributed by atoms with Crippen LogP contribution in [0.1, 0.15) is 16.8 Å². The van der Waals surface area contributed by atoms with E-state index in [2.05, 4.69) is 26.8 Å². The number of hydrogen-bond donors (Lipinski definition) is 1. The summed E-state index contributed by atoms with van der Waals surface area (Å²) in [5.41, 5.74) is 5.39. The number of carbonyl (C=O) groups excluding carboxylic acids is 1. The zero-order valence-electron chi connectivity index (χ0n) is 20.1. The summed E-state index contributed by atoms with van der Waals surface area (Å²) in [5.74, 6) is -0.208. The Labute approximate surface area is 208 Å². The highest BCUT2D eigenvalue weighted by atomic mass is 19.1. The van der Waals surface area contributed by atoms with Crippen LogP contribution in [0.2, 0.25) is 0 Å². The predicted octanol–water partition coefficient (Wildman–Crippen LogP) is 4.10. The number of halogens is 1. The molecule has 1 N–H and O–H groups in total. The number of aromatic amines is 1. The van der Waals surface area contributed by atoms with Gasteiger partial charge in [-0.05, 0) is 47.6 Å². The first-order chi connectivity index (χ1) is 17.4. The van der Waals surface area contributed by atoms with Gasteiger partial charge in [-0.15, -0.1) is 0 Å². The molecule has 2 saturated heterocycles. The number of H-pyrrole nitrogens is 1. The average molecular weight is 483 g/mol. The summed E-state index contributed by atoms with van der Waals surface area (Å²) in [6, 6.07) is 11.5. The lowest BCUT2D eigenvalue weighted by Crippen LogP contribution is -2.72. The van der Waals surface area contributed by atoms with Gasteiger partial charge in [0.1, 0.15) is 5.82 Å². The molecular weight excluding hydrogens is 455 g/mol. The van der Waals surface area contributed by atoms with Crippen molar-refractivity contribution in [2.75, 3.05) is 26.2 Å². The minimum atomic E-state index is -0.200. The van der Waals surface area contributed by atoms with E-state index in [9.17, 15) is 4.79 Å². The van der Waals surface area contributed by atoms with Crippen molar-refractivity contribution in [2.45, 2.75) is 6.54 Å². The maximum absolute atomic E-state index is 15.1. The number of hydrogen-bond acceptors (Lipinski definition) is 4. The molecule has 2 aliphatic rings. The SMILES string of the molecule is C=CC(=O)N1CC2(CN(Cc3ccc(-c4ccc5[nH]nc(/C=C/c6cnn(C)c6)c5c4)cc3F)C2)C1. The fourth-order valence-electron chi connectivity index (χ4n) is 5.40. The first-order valence-corrected chi connectivity index (χ1v) is 12.0. The van der Waals surface area contributed by atoms with E-state index in [0.29, 0.717) is 12.1 Å². The van der Waals surface area contributed by atoms with Gasteiger partial charge in [-0.3, -0.25) is 19.5 Å². The topological polar surface area (TPSA) is 70.1 Å². The highest BCUT2D eigenvalue weighted by Gasteiger charge is 2.52. The molecule has 4 heterocycles. The van der Waals surface area contributed by atoms with Crippen LogP contribution in [0.3, 0.4) is 0 Å². The zero-order chi connectivity index (χ0) is 24.9. The number of amides is 1. The summed E-state index contributed by atoms with van der Waals surface area (Å²) in [7, 11) is 1.88. The molecule has 2 aromatic heterocycles. The number of fused-ring (bicyclic) bond motifs is 1. The molecule has 182 valence electrons. The number of carbonyl (C=O) groups is 1. The second-order valence-electron chi connectivity index (χ2n) is 10.00. The van der Waals surface area contributed by atoms with Crippen molar-refractivity contribution in [3.63, 3.8) is 0 Å². The van der Waals surface area contributed by atoms with Gasteiger partial charge in [0, 0.05) is 67.9 Å². The summed E-state index contributed by atoms with van der Waals surface area (Å²) < 4.78 is 16.8. The van der Waals surface area contributed by atoms with Crippen LogP contribution < -0.4 is 0 Å². The molecule has 0 atom stereocenters. The maximum atomic E-state index is 15.1. The number of aryl methyl sites for hydroxylation is 1. The first-order valence-electron chi connectivity index (χ1n) is 12.0. The normalized spacial score (nSPS) is 17.0. The Morgan fingerprint density at radius 1 is 1.14 bits per heavy atom. The molecule has 0 radical (unpaired) electrons. The molecule has 6 rings (SSSR count). The van der Waals surface area contributed by atoms with Crippen LogP contribution in [0.4, 0.5) is 4.39 Å². The smallest absolute Gasteiger partial charge is 0.245 e. The minimum absolute atomic E-state index is 0.00838. The van der Waals surface area contributed by atoms with Crippen LogP contribution in [-0.4, -0.2) is 61.9 Å². The summed E-state index contributed by atoms with van der Waals surface area (Å²) in [5, 5.41) is 12.7. The molecule has 7 nitrogen and oxygen atoms in total. The van der Waals surface area contributed by atoms with Crippen LogP contribution in [0.25, 0.3) is 34.2 Å². The van der Waals surface area contributed by atoms with Crippen LogP contribution in [0.5, 0.6) is 0 Å². The Morgan fingerprint density at radius 2 is 1.92 bits per heavy atom. The van der Waals surface area contributed by atoms with E-state index >= 15 is 4.39 Å². The lowest BCUT2D eigenvalue weighted by Gasteiger charge is -2.60. The quantitative estimate of drug-likeness (QED) is 0.420. The fourth-order valence-corrected chi connectivity index (χ4v) is 5.40. The summed E-state index contributed by atoms with van der Waals surface area (Å²) in [6.45, 7) is 7.44. The molecule has 36 heavy (non-hydrogen) atoms. The standard InChI is InChI=1S/C28H27FN6O/c1-3-27(36)35-17-28(18-35)15-34(16-28)14-22-6-5-21(11-24(22)29)20-7-9-26-23(10-20)25(31-32-26)8-4-19-12-30-33(2)13-19/h3-13H,1,14-18H2,2H3,(H,31,32)/b8-4+. The molecule has 0 saturated carbocycles. The molecule has 2 aromatic carbocycles. The van der Waals surface area contributed by atoms with Crippen molar-refractivity contribution in [1.29, 1.82) is 0 Å². The second kappa shape index (κ2) is 8.57. The van der Waals surface area contributed by atoms with Gasteiger partial charge in [0.15, 0.2) is 0 Å². The largest absolute Gasteiger partial charge is 0.338 e. The average Bonchev–Trinajstić information content (AvgIpc) is 3.43. The number of aromatic nitrogens is 4. The number of nitrogens with zero attached hydrogens (tertiary/aromatic N) is 5. The Hall–Kier alpha value is -4.04. The molecule has 0 unspecified atom stereocenters. The first kappa shape index (κ1) is 22.4. The van der Waals surface area contributed by atoms with E-state index in [-0.39, 0.29) is 17.1 Å². The zero-order valence-corrected chi connectivity index (χ0v) is 20.1. The molecular formula is C28H27FN6O. The van der Waals surface area contributed by atoms with Gasteiger partial charge in [0.25, 0.3) is 0 Å². The predicted molar refractivity (Wildman–Crippen MR) is 138 cm³/mol. The van der Waals surface area contributed by atoms with Crippen LogP contribution in [-0.2, 0) is 18.4 Å². The van der Waals surface area contributed by atoms with E-state index in [1.807, 2.05) is 60.6 Å². The van der Waals surface area contributed by atoms with Crippen molar-refractivity contribution in [1.82, 2.24) is 29.8 Å². The third-order valence-electron chi connectivity index (χ3n) is 7.19. The maximum Gasteiger partial charge on any atom is 0.245 e. The van der Waals surface area contributed by atoms with Crippen molar-refractivity contribution in [3.8, 4) is 11.1 Å². The molecule has 1 amide bonds. The lowest BCUT2D eigenvalue weighted by atomic mass is 9.72. The highest BCUT2D eigenvalue weighted by Crippen LogP contribution is 2.40. The molecule has 1 spiro atoms. The summed E-state index contributed by atoms with van der Waals surface area (Å²) >= 11 is 0. The van der Waals surface area contributed by atoms with Crippen molar-refractivity contribution in [3.05, 3.63) is 84.1 Å². The fraction of sp³-hybridized carbons (Fsp3) is 0.250. The van der Waals surface area contributed by atoms with Gasteiger partial charge in [-0.2, -0.15) is 10.2 Å². The van der Waals surface area contributed by atoms with Crippen molar-refractivity contribution < 1.29 is 9.18 Å². The third kappa shape index (κ3) is 4.03. The monoisotopic (exact) mass is 482 g/mol. The lowest BCUT2D eigenvalue weighted by molar-refractivity contribution is -0.154. The van der Waals surface area contributed by atoms with E-state index in [4.69, 9.17) is 0 Å². The molecule has 4 aromatic rings. The number of likely N-dealkylation sites (tertiary alicyclic amines) is 2. The summed E-state index contributed by atoms with van der Waals surface area (Å²) in [6.07, 6.45) is 9.03. The summed E-state index contributed by atoms with van der Waals surface area (Å²) in [4.78, 5) is 15.7. The van der Waals surface area contributed by atoms with Gasteiger partial charge in [-0.1, -0.05) is 24.8 Å². The number of benzene rings is 2. The van der Waals surface area contributed by atoms with Gasteiger partial charge in [-0.25, -0.2) is 4.39 Å². The van der Waals surface area contributed by atoms with Gasteiger partial charge >= 0.3 is 0 Å².